The van der Waals surface area contributed by atoms with Gasteiger partial charge in [0.05, 0.1) is 17.8 Å². The Hall–Kier alpha value is -2.03. The number of carbonyl (C=O) groups excluding carboxylic acids is 2. The maximum absolute atomic E-state index is 12.9. The molecule has 9 heteroatoms. The lowest BCUT2D eigenvalue weighted by atomic mass is 10.0. The minimum absolute atomic E-state index is 0.0916. The Bertz CT molecular complexity index is 935. The molecule has 3 aliphatic heterocycles. The molecule has 4 heterocycles. The zero-order valence-corrected chi connectivity index (χ0v) is 16.8. The Labute approximate surface area is 172 Å². The first-order valence-corrected chi connectivity index (χ1v) is 10.8. The monoisotopic (exact) mass is 417 g/mol. The maximum atomic E-state index is 12.9. The van der Waals surface area contributed by atoms with Crippen LogP contribution in [-0.4, -0.2) is 79.6 Å². The van der Waals surface area contributed by atoms with E-state index < -0.39 is 0 Å². The lowest BCUT2D eigenvalue weighted by Crippen LogP contribution is -2.69. The first kappa shape index (κ1) is 18.0. The van der Waals surface area contributed by atoms with Gasteiger partial charge >= 0.3 is 0 Å². The quantitative estimate of drug-likeness (QED) is 0.756. The van der Waals surface area contributed by atoms with Crippen molar-refractivity contribution in [2.45, 2.75) is 18.6 Å². The van der Waals surface area contributed by atoms with Gasteiger partial charge in [0.15, 0.2) is 0 Å². The molecule has 2 amide bonds. The summed E-state index contributed by atoms with van der Waals surface area (Å²) in [5.41, 5.74) is 1.98. The van der Waals surface area contributed by atoms with Gasteiger partial charge in [-0.15, -0.1) is 11.8 Å². The Morgan fingerprint density at radius 3 is 2.86 bits per heavy atom. The minimum Gasteiger partial charge on any atom is -0.326 e. The summed E-state index contributed by atoms with van der Waals surface area (Å²) in [4.78, 5) is 31.4. The maximum Gasteiger partial charge on any atom is 0.248 e. The van der Waals surface area contributed by atoms with Crippen LogP contribution in [-0.2, 0) is 16.1 Å². The number of aromatic nitrogens is 2. The van der Waals surface area contributed by atoms with Crippen LogP contribution in [0.1, 0.15) is 5.56 Å². The molecule has 2 atom stereocenters. The number of hydrogen-bond donors (Lipinski definition) is 0. The molecule has 0 radical (unpaired) electrons. The van der Waals surface area contributed by atoms with E-state index in [2.05, 4.69) is 10.00 Å². The highest BCUT2D eigenvalue weighted by Crippen LogP contribution is 2.30. The van der Waals surface area contributed by atoms with Crippen molar-refractivity contribution < 1.29 is 9.59 Å². The summed E-state index contributed by atoms with van der Waals surface area (Å²) in [5, 5.41) is 5.10. The summed E-state index contributed by atoms with van der Waals surface area (Å²) in [5.74, 6) is 1.56. The largest absolute Gasteiger partial charge is 0.326 e. The lowest BCUT2D eigenvalue weighted by Gasteiger charge is -2.47. The predicted octanol–water partition coefficient (Wildman–Crippen LogP) is 1.45. The predicted molar refractivity (Wildman–Crippen MR) is 107 cm³/mol. The highest BCUT2D eigenvalue weighted by Gasteiger charge is 2.49. The molecule has 3 saturated heterocycles. The Morgan fingerprint density at radius 2 is 2.00 bits per heavy atom. The summed E-state index contributed by atoms with van der Waals surface area (Å²) in [6, 6.07) is 6.94. The zero-order chi connectivity index (χ0) is 19.3. The van der Waals surface area contributed by atoms with E-state index in [1.54, 1.807) is 26.2 Å². The van der Waals surface area contributed by atoms with Crippen LogP contribution >= 0.6 is 23.4 Å². The van der Waals surface area contributed by atoms with Gasteiger partial charge in [-0.3, -0.25) is 14.5 Å². The van der Waals surface area contributed by atoms with E-state index in [0.29, 0.717) is 30.5 Å². The van der Waals surface area contributed by atoms with E-state index in [1.807, 2.05) is 36.7 Å². The van der Waals surface area contributed by atoms with Gasteiger partial charge in [0, 0.05) is 48.7 Å². The number of fused-ring (bicyclic) bond motifs is 2. The summed E-state index contributed by atoms with van der Waals surface area (Å²) in [6.07, 6.45) is 3.83. The Balaban J connectivity index is 1.29. The van der Waals surface area contributed by atoms with E-state index in [0.717, 1.165) is 23.5 Å². The fraction of sp³-hybridized carbons (Fsp3) is 0.421. The molecular formula is C19H20ClN5O2S. The highest BCUT2D eigenvalue weighted by molar-refractivity contribution is 7.99. The number of thioether (sulfide) groups is 1. The zero-order valence-electron chi connectivity index (χ0n) is 15.2. The van der Waals surface area contributed by atoms with Crippen LogP contribution in [0.4, 0.5) is 0 Å². The number of amides is 2. The van der Waals surface area contributed by atoms with Crippen LogP contribution < -0.4 is 0 Å². The van der Waals surface area contributed by atoms with Crippen molar-refractivity contribution >= 4 is 35.2 Å². The van der Waals surface area contributed by atoms with E-state index in [-0.39, 0.29) is 23.9 Å². The van der Waals surface area contributed by atoms with E-state index in [1.165, 1.54) is 0 Å². The fourth-order valence-electron chi connectivity index (χ4n) is 4.17. The van der Waals surface area contributed by atoms with Crippen LogP contribution in [0.5, 0.6) is 0 Å². The fourth-order valence-corrected chi connectivity index (χ4v) is 5.50. The van der Waals surface area contributed by atoms with E-state index in [9.17, 15) is 9.59 Å². The number of nitrogens with zero attached hydrogens (tertiary/aromatic N) is 5. The first-order valence-electron chi connectivity index (χ1n) is 9.31. The summed E-state index contributed by atoms with van der Waals surface area (Å²) in [6.45, 7) is 2.63. The second-order valence-electron chi connectivity index (χ2n) is 7.38. The summed E-state index contributed by atoms with van der Waals surface area (Å²) in [7, 11) is 0. The van der Waals surface area contributed by atoms with Crippen molar-refractivity contribution in [1.29, 1.82) is 0 Å². The first-order chi connectivity index (χ1) is 13.6. The van der Waals surface area contributed by atoms with Gasteiger partial charge in [0.25, 0.3) is 0 Å². The van der Waals surface area contributed by atoms with Gasteiger partial charge < -0.3 is 9.80 Å². The molecule has 2 aromatic rings. The smallest absolute Gasteiger partial charge is 0.248 e. The standard InChI is InChI=1S/C19H20ClN5O2S/c20-14-2-1-3-15(6-14)25-9-13(7-21-25)8-22-4-5-23-16(10-22)18(26)24-12-28-11-17(24)19(23)27/h1-3,6-7,9,16-17H,4-5,8,10-12H2/t16-,17+/m1/s1. The van der Waals surface area contributed by atoms with Crippen LogP contribution in [0.2, 0.25) is 5.02 Å². The molecule has 7 nitrogen and oxygen atoms in total. The van der Waals surface area contributed by atoms with Crippen LogP contribution in [0.25, 0.3) is 5.69 Å². The molecule has 1 aromatic carbocycles. The average molecular weight is 418 g/mol. The molecule has 0 bridgehead atoms. The van der Waals surface area contributed by atoms with Crippen LogP contribution in [0, 0.1) is 0 Å². The van der Waals surface area contributed by atoms with Crippen LogP contribution in [0.15, 0.2) is 36.7 Å². The van der Waals surface area contributed by atoms with Gasteiger partial charge in [-0.05, 0) is 18.2 Å². The van der Waals surface area contributed by atoms with Crippen molar-refractivity contribution in [1.82, 2.24) is 24.5 Å². The molecule has 3 aliphatic rings. The highest BCUT2D eigenvalue weighted by atomic mass is 35.5. The van der Waals surface area contributed by atoms with Crippen molar-refractivity contribution in [3.05, 3.63) is 47.2 Å². The van der Waals surface area contributed by atoms with Gasteiger partial charge in [0.1, 0.15) is 12.1 Å². The van der Waals surface area contributed by atoms with Gasteiger partial charge in [-0.2, -0.15) is 5.10 Å². The summed E-state index contributed by atoms with van der Waals surface area (Å²) >= 11 is 7.73. The van der Waals surface area contributed by atoms with Crippen LogP contribution in [0.3, 0.4) is 0 Å². The van der Waals surface area contributed by atoms with Gasteiger partial charge in [-0.1, -0.05) is 17.7 Å². The molecule has 28 heavy (non-hydrogen) atoms. The number of hydrogen-bond acceptors (Lipinski definition) is 5. The molecule has 3 fully saturated rings. The molecule has 5 rings (SSSR count). The lowest BCUT2D eigenvalue weighted by molar-refractivity contribution is -0.162. The van der Waals surface area contributed by atoms with Crippen molar-refractivity contribution in [3.8, 4) is 5.69 Å². The number of rotatable bonds is 3. The summed E-state index contributed by atoms with van der Waals surface area (Å²) < 4.78 is 1.80. The molecule has 0 unspecified atom stereocenters. The molecule has 0 N–H and O–H groups in total. The average Bonchev–Trinajstić information content (AvgIpc) is 3.36. The van der Waals surface area contributed by atoms with Crippen molar-refractivity contribution in [2.24, 2.45) is 0 Å². The third kappa shape index (κ3) is 3.09. The normalized spacial score (nSPS) is 25.2. The van der Waals surface area contributed by atoms with Crippen molar-refractivity contribution in [2.75, 3.05) is 31.3 Å². The second-order valence-corrected chi connectivity index (χ2v) is 8.82. The minimum atomic E-state index is -0.362. The van der Waals surface area contributed by atoms with E-state index in [4.69, 9.17) is 11.6 Å². The number of benzene rings is 1. The molecule has 0 spiro atoms. The Morgan fingerprint density at radius 1 is 1.14 bits per heavy atom. The topological polar surface area (TPSA) is 61.7 Å². The SMILES string of the molecule is O=C1[C@@H]2CSCN2C(=O)[C@H]2CN(Cc3cnn(-c4cccc(Cl)c4)c3)CCN12. The van der Waals surface area contributed by atoms with Gasteiger partial charge in [0.2, 0.25) is 11.8 Å². The van der Waals surface area contributed by atoms with Crippen molar-refractivity contribution in [3.63, 3.8) is 0 Å². The van der Waals surface area contributed by atoms with E-state index >= 15 is 0 Å². The second kappa shape index (κ2) is 7.09. The molecule has 0 saturated carbocycles. The molecular weight excluding hydrogens is 398 g/mol. The molecule has 146 valence electrons. The molecule has 0 aliphatic carbocycles. The number of halogens is 1. The number of carbonyl (C=O) groups is 2. The Kier molecular flexibility index (Phi) is 4.57. The third-order valence-electron chi connectivity index (χ3n) is 5.60. The third-order valence-corrected chi connectivity index (χ3v) is 6.85. The molecule has 1 aromatic heterocycles. The number of piperazine rings is 2. The van der Waals surface area contributed by atoms with Gasteiger partial charge in [-0.25, -0.2) is 4.68 Å².